The van der Waals surface area contributed by atoms with E-state index in [1.165, 1.54) is 22.9 Å². The summed E-state index contributed by atoms with van der Waals surface area (Å²) in [6.07, 6.45) is 2.08. The largest absolute Gasteiger partial charge is 0.397 e. The number of likely N-dealkylation sites (tertiary alicyclic amines) is 1. The lowest BCUT2D eigenvalue weighted by Gasteiger charge is -2.49. The molecule has 1 aliphatic heterocycles. The van der Waals surface area contributed by atoms with Gasteiger partial charge in [0.05, 0.1) is 17.8 Å². The van der Waals surface area contributed by atoms with Gasteiger partial charge in [0, 0.05) is 41.9 Å². The first-order chi connectivity index (χ1) is 12.1. The van der Waals surface area contributed by atoms with Crippen LogP contribution in [0.1, 0.15) is 20.3 Å². The van der Waals surface area contributed by atoms with Crippen LogP contribution in [0.3, 0.4) is 0 Å². The van der Waals surface area contributed by atoms with E-state index in [1.54, 1.807) is 18.2 Å². The van der Waals surface area contributed by atoms with Crippen molar-refractivity contribution in [2.24, 2.45) is 5.41 Å². The van der Waals surface area contributed by atoms with Gasteiger partial charge in [0.1, 0.15) is 5.82 Å². The molecule has 0 spiro atoms. The number of pyridine rings is 1. The molecule has 1 saturated heterocycles. The summed E-state index contributed by atoms with van der Waals surface area (Å²) in [5.74, 6) is -0.425. The van der Waals surface area contributed by atoms with Gasteiger partial charge in [0.25, 0.3) is 5.56 Å². The van der Waals surface area contributed by atoms with Crippen LogP contribution < -0.4 is 11.3 Å². The summed E-state index contributed by atoms with van der Waals surface area (Å²) in [6.45, 7) is 5.67. The number of piperidine rings is 1. The maximum absolute atomic E-state index is 14.1. The first kappa shape index (κ1) is 18.6. The Balaban J connectivity index is 1.97. The standard InChI is InChI=1S/C20H26FN3O2/c1-19(2)12-23(3)9-8-20(19,26)13-24-11-17(22)15(10-18(24)25)14-6-4-5-7-16(14)21/h4-7,10-11,26H,8-9,12-13,22H2,1-3H3. The quantitative estimate of drug-likeness (QED) is 0.882. The molecule has 2 aromatic rings. The highest BCUT2D eigenvalue weighted by Crippen LogP contribution is 2.39. The van der Waals surface area contributed by atoms with E-state index in [2.05, 4.69) is 4.90 Å². The lowest BCUT2D eigenvalue weighted by atomic mass is 9.70. The van der Waals surface area contributed by atoms with Gasteiger partial charge in [0.2, 0.25) is 0 Å². The average Bonchev–Trinajstić information content (AvgIpc) is 2.55. The van der Waals surface area contributed by atoms with E-state index in [1.807, 2.05) is 20.9 Å². The fourth-order valence-electron chi connectivity index (χ4n) is 3.82. The Morgan fingerprint density at radius 2 is 1.96 bits per heavy atom. The van der Waals surface area contributed by atoms with Crippen LogP contribution in [0.4, 0.5) is 10.1 Å². The Kier molecular flexibility index (Phi) is 4.67. The molecule has 6 heteroatoms. The molecule has 3 N–H and O–H groups in total. The average molecular weight is 359 g/mol. The second-order valence-electron chi connectivity index (χ2n) is 7.99. The van der Waals surface area contributed by atoms with Gasteiger partial charge >= 0.3 is 0 Å². The number of benzene rings is 1. The maximum Gasteiger partial charge on any atom is 0.251 e. The van der Waals surface area contributed by atoms with Gasteiger partial charge in [0.15, 0.2) is 0 Å². The van der Waals surface area contributed by atoms with E-state index < -0.39 is 11.4 Å². The Labute approximate surface area is 152 Å². The van der Waals surface area contributed by atoms with E-state index in [-0.39, 0.29) is 17.5 Å². The zero-order valence-electron chi connectivity index (χ0n) is 15.5. The van der Waals surface area contributed by atoms with Crippen molar-refractivity contribution in [3.05, 3.63) is 52.7 Å². The minimum atomic E-state index is -1.02. The summed E-state index contributed by atoms with van der Waals surface area (Å²) in [5.41, 5.74) is 5.39. The van der Waals surface area contributed by atoms with Crippen molar-refractivity contribution < 1.29 is 9.50 Å². The monoisotopic (exact) mass is 359 g/mol. The van der Waals surface area contributed by atoms with Gasteiger partial charge in [-0.15, -0.1) is 0 Å². The van der Waals surface area contributed by atoms with Crippen LogP contribution in [0.15, 0.2) is 41.3 Å². The van der Waals surface area contributed by atoms with E-state index in [9.17, 15) is 14.3 Å². The van der Waals surface area contributed by atoms with Crippen molar-refractivity contribution in [1.29, 1.82) is 0 Å². The van der Waals surface area contributed by atoms with Crippen LogP contribution in [0.2, 0.25) is 0 Å². The summed E-state index contributed by atoms with van der Waals surface area (Å²) in [6, 6.07) is 7.57. The molecule has 0 saturated carbocycles. The zero-order chi connectivity index (χ0) is 19.1. The highest BCUT2D eigenvalue weighted by Gasteiger charge is 2.47. The molecule has 26 heavy (non-hydrogen) atoms. The molecule has 140 valence electrons. The van der Waals surface area contributed by atoms with Crippen molar-refractivity contribution in [2.75, 3.05) is 25.9 Å². The van der Waals surface area contributed by atoms with E-state index in [4.69, 9.17) is 5.73 Å². The van der Waals surface area contributed by atoms with Crippen LogP contribution in [-0.2, 0) is 6.54 Å². The molecule has 1 aromatic heterocycles. The molecule has 2 heterocycles. The maximum atomic E-state index is 14.1. The second kappa shape index (κ2) is 6.52. The van der Waals surface area contributed by atoms with Crippen LogP contribution in [-0.4, -0.2) is 40.3 Å². The minimum absolute atomic E-state index is 0.161. The minimum Gasteiger partial charge on any atom is -0.397 e. The van der Waals surface area contributed by atoms with Crippen LogP contribution in [0.5, 0.6) is 0 Å². The highest BCUT2D eigenvalue weighted by molar-refractivity contribution is 5.75. The van der Waals surface area contributed by atoms with Crippen molar-refractivity contribution in [2.45, 2.75) is 32.4 Å². The molecule has 0 bridgehead atoms. The van der Waals surface area contributed by atoms with E-state index >= 15 is 0 Å². The van der Waals surface area contributed by atoms with Gasteiger partial charge in [-0.2, -0.15) is 0 Å². The number of aliphatic hydroxyl groups is 1. The second-order valence-corrected chi connectivity index (χ2v) is 7.99. The molecule has 0 radical (unpaired) electrons. The smallest absolute Gasteiger partial charge is 0.251 e. The van der Waals surface area contributed by atoms with Crippen LogP contribution in [0, 0.1) is 11.2 Å². The molecular formula is C20H26FN3O2. The third-order valence-electron chi connectivity index (χ3n) is 5.58. The molecule has 1 fully saturated rings. The predicted molar refractivity (Wildman–Crippen MR) is 101 cm³/mol. The molecule has 0 aliphatic carbocycles. The first-order valence-corrected chi connectivity index (χ1v) is 8.79. The molecule has 1 unspecified atom stereocenters. The summed E-state index contributed by atoms with van der Waals surface area (Å²) in [4.78, 5) is 14.8. The lowest BCUT2D eigenvalue weighted by Crippen LogP contribution is -2.59. The molecule has 5 nitrogen and oxygen atoms in total. The van der Waals surface area contributed by atoms with Gasteiger partial charge in [-0.1, -0.05) is 32.0 Å². The topological polar surface area (TPSA) is 71.5 Å². The fraction of sp³-hybridized carbons (Fsp3) is 0.450. The predicted octanol–water partition coefficient (Wildman–Crippen LogP) is 2.33. The van der Waals surface area contributed by atoms with E-state index in [0.717, 1.165) is 13.1 Å². The number of hydrogen-bond donors (Lipinski definition) is 2. The molecule has 3 rings (SSSR count). The van der Waals surface area contributed by atoms with Crippen LogP contribution >= 0.6 is 0 Å². The normalized spacial score (nSPS) is 23.1. The van der Waals surface area contributed by atoms with Gasteiger partial charge in [-0.3, -0.25) is 4.79 Å². The summed E-state index contributed by atoms with van der Waals surface area (Å²) in [7, 11) is 2.02. The summed E-state index contributed by atoms with van der Waals surface area (Å²) < 4.78 is 15.5. The van der Waals surface area contributed by atoms with Crippen molar-refractivity contribution in [1.82, 2.24) is 9.47 Å². The molecule has 1 aromatic carbocycles. The van der Waals surface area contributed by atoms with Gasteiger partial charge < -0.3 is 20.3 Å². The number of aromatic nitrogens is 1. The Hall–Kier alpha value is -2.18. The summed E-state index contributed by atoms with van der Waals surface area (Å²) in [5, 5.41) is 11.2. The van der Waals surface area contributed by atoms with Crippen molar-refractivity contribution >= 4 is 5.69 Å². The fourth-order valence-corrected chi connectivity index (χ4v) is 3.82. The van der Waals surface area contributed by atoms with E-state index in [0.29, 0.717) is 23.2 Å². The first-order valence-electron chi connectivity index (χ1n) is 8.79. The number of anilines is 1. The number of halogens is 1. The Morgan fingerprint density at radius 3 is 2.62 bits per heavy atom. The molecular weight excluding hydrogens is 333 g/mol. The van der Waals surface area contributed by atoms with Crippen LogP contribution in [0.25, 0.3) is 11.1 Å². The molecule has 1 atom stereocenters. The van der Waals surface area contributed by atoms with Crippen molar-refractivity contribution in [3.63, 3.8) is 0 Å². The third-order valence-corrected chi connectivity index (χ3v) is 5.58. The van der Waals surface area contributed by atoms with Crippen molar-refractivity contribution in [3.8, 4) is 11.1 Å². The lowest BCUT2D eigenvalue weighted by molar-refractivity contribution is -0.124. The number of nitrogen functional groups attached to an aromatic ring is 1. The Morgan fingerprint density at radius 1 is 1.27 bits per heavy atom. The highest BCUT2D eigenvalue weighted by atomic mass is 19.1. The number of nitrogens with two attached hydrogens (primary N) is 1. The number of nitrogens with zero attached hydrogens (tertiary/aromatic N) is 2. The summed E-state index contributed by atoms with van der Waals surface area (Å²) >= 11 is 0. The number of hydrogen-bond acceptors (Lipinski definition) is 4. The number of rotatable bonds is 3. The molecule has 0 amide bonds. The van der Waals surface area contributed by atoms with Gasteiger partial charge in [-0.05, 0) is 19.5 Å². The van der Waals surface area contributed by atoms with Gasteiger partial charge in [-0.25, -0.2) is 4.39 Å². The Bertz CT molecular complexity index is 878. The third kappa shape index (κ3) is 3.27. The zero-order valence-corrected chi connectivity index (χ0v) is 15.5. The molecule has 1 aliphatic rings. The SMILES string of the molecule is CN1CCC(O)(Cn2cc(N)c(-c3ccccc3F)cc2=O)C(C)(C)C1.